The number of anilines is 1. The monoisotopic (exact) mass is 284 g/mol. The van der Waals surface area contributed by atoms with Gasteiger partial charge in [0.05, 0.1) is 5.52 Å². The summed E-state index contributed by atoms with van der Waals surface area (Å²) in [5, 5.41) is 0.987. The molecule has 2 aromatic carbocycles. The fraction of sp³-hybridized carbons (Fsp3) is 0. The minimum absolute atomic E-state index is 0.377. The highest BCUT2D eigenvalue weighted by Gasteiger charge is 2.06. The van der Waals surface area contributed by atoms with E-state index in [2.05, 4.69) is 9.71 Å². The molecule has 1 heterocycles. The van der Waals surface area contributed by atoms with Crippen LogP contribution in [0.25, 0.3) is 22.0 Å². The summed E-state index contributed by atoms with van der Waals surface area (Å²) < 4.78 is 22.1. The van der Waals surface area contributed by atoms with Crippen molar-refractivity contribution < 1.29 is 8.76 Å². The van der Waals surface area contributed by atoms with Crippen LogP contribution in [0.4, 0.5) is 5.82 Å². The number of nitrogens with zero attached hydrogens (tertiary/aromatic N) is 1. The first-order valence-electron chi connectivity index (χ1n) is 6.07. The number of rotatable bonds is 3. The van der Waals surface area contributed by atoms with E-state index in [0.29, 0.717) is 5.82 Å². The fourth-order valence-electron chi connectivity index (χ4n) is 2.14. The van der Waals surface area contributed by atoms with Crippen LogP contribution in [0.1, 0.15) is 0 Å². The Morgan fingerprint density at radius 1 is 0.950 bits per heavy atom. The van der Waals surface area contributed by atoms with Crippen LogP contribution in [0.15, 0.2) is 60.7 Å². The van der Waals surface area contributed by atoms with Crippen LogP contribution in [0.5, 0.6) is 0 Å². The van der Waals surface area contributed by atoms with Gasteiger partial charge in [-0.05, 0) is 17.7 Å². The van der Waals surface area contributed by atoms with E-state index in [1.165, 1.54) is 0 Å². The molecule has 0 aliphatic carbocycles. The summed E-state index contributed by atoms with van der Waals surface area (Å²) in [4.78, 5) is 4.43. The molecule has 0 radical (unpaired) electrons. The molecule has 20 heavy (non-hydrogen) atoms. The van der Waals surface area contributed by atoms with Crippen molar-refractivity contribution in [2.24, 2.45) is 0 Å². The zero-order chi connectivity index (χ0) is 13.9. The normalized spacial score (nSPS) is 12.2. The minimum atomic E-state index is -2.12. The summed E-state index contributed by atoms with van der Waals surface area (Å²) in [6.07, 6.45) is 0. The first kappa shape index (κ1) is 12.8. The maximum Gasteiger partial charge on any atom is 0.260 e. The number of hydrogen-bond donors (Lipinski definition) is 2. The second-order valence-electron chi connectivity index (χ2n) is 4.29. The van der Waals surface area contributed by atoms with E-state index in [-0.39, 0.29) is 0 Å². The number of aromatic nitrogens is 1. The summed E-state index contributed by atoms with van der Waals surface area (Å²) in [6, 6.07) is 19.4. The van der Waals surface area contributed by atoms with Gasteiger partial charge in [0.25, 0.3) is 11.3 Å². The molecule has 2 N–H and O–H groups in total. The van der Waals surface area contributed by atoms with E-state index in [0.717, 1.165) is 22.0 Å². The molecule has 0 amide bonds. The number of fused-ring (bicyclic) bond motifs is 1. The second-order valence-corrected chi connectivity index (χ2v) is 4.99. The molecule has 1 aromatic heterocycles. The van der Waals surface area contributed by atoms with Gasteiger partial charge in [-0.2, -0.15) is 0 Å². The lowest BCUT2D eigenvalue weighted by Crippen LogP contribution is -2.03. The first-order chi connectivity index (χ1) is 9.74. The number of hydrogen-bond acceptors (Lipinski definition) is 2. The molecule has 5 heteroatoms. The van der Waals surface area contributed by atoms with Gasteiger partial charge in [-0.3, -0.25) is 9.27 Å². The summed E-state index contributed by atoms with van der Waals surface area (Å²) in [6.45, 7) is 0. The van der Waals surface area contributed by atoms with E-state index in [1.54, 1.807) is 6.07 Å². The molecule has 1 atom stereocenters. The predicted molar refractivity (Wildman–Crippen MR) is 81.6 cm³/mol. The van der Waals surface area contributed by atoms with Gasteiger partial charge >= 0.3 is 0 Å². The molecule has 0 saturated carbocycles. The minimum Gasteiger partial charge on any atom is -0.289 e. The lowest BCUT2D eigenvalue weighted by Gasteiger charge is -2.08. The molecule has 3 rings (SSSR count). The Kier molecular flexibility index (Phi) is 3.45. The number of benzene rings is 2. The lowest BCUT2D eigenvalue weighted by molar-refractivity contribution is 0.570. The third-order valence-corrected chi connectivity index (χ3v) is 3.38. The maximum absolute atomic E-state index is 10.8. The number of nitrogens with one attached hydrogen (secondary N) is 1. The van der Waals surface area contributed by atoms with Gasteiger partial charge in [-0.25, -0.2) is 9.19 Å². The van der Waals surface area contributed by atoms with Crippen molar-refractivity contribution in [3.63, 3.8) is 0 Å². The first-order valence-corrected chi connectivity index (χ1v) is 7.17. The Bertz CT molecular complexity index is 775. The Hall–Kier alpha value is -2.24. The molecule has 0 fully saturated rings. The summed E-state index contributed by atoms with van der Waals surface area (Å²) in [5.74, 6) is 0.377. The van der Waals surface area contributed by atoms with E-state index < -0.39 is 11.3 Å². The van der Waals surface area contributed by atoms with Crippen LogP contribution < -0.4 is 4.72 Å². The topological polar surface area (TPSA) is 62.2 Å². The van der Waals surface area contributed by atoms with E-state index in [9.17, 15) is 4.21 Å². The molecule has 0 spiro atoms. The maximum atomic E-state index is 10.8. The largest absolute Gasteiger partial charge is 0.289 e. The third kappa shape index (κ3) is 2.54. The zero-order valence-electron chi connectivity index (χ0n) is 10.5. The Morgan fingerprint density at radius 2 is 1.75 bits per heavy atom. The van der Waals surface area contributed by atoms with Crippen molar-refractivity contribution in [2.45, 2.75) is 0 Å². The highest BCUT2D eigenvalue weighted by atomic mass is 32.2. The Morgan fingerprint density at radius 3 is 2.50 bits per heavy atom. The molecule has 0 aliphatic heterocycles. The van der Waals surface area contributed by atoms with Gasteiger partial charge in [0.15, 0.2) is 0 Å². The van der Waals surface area contributed by atoms with E-state index in [4.69, 9.17) is 4.55 Å². The van der Waals surface area contributed by atoms with Crippen LogP contribution in [0, 0.1) is 0 Å². The lowest BCUT2D eigenvalue weighted by atomic mass is 10.0. The van der Waals surface area contributed by atoms with Crippen LogP contribution in [-0.4, -0.2) is 13.7 Å². The highest BCUT2D eigenvalue weighted by Crippen LogP contribution is 2.28. The SMILES string of the molecule is O=S(O)Nc1ccc2cccc(-c3ccccc3)c2n1. The third-order valence-electron chi connectivity index (χ3n) is 3.00. The summed E-state index contributed by atoms with van der Waals surface area (Å²) >= 11 is -2.12. The van der Waals surface area contributed by atoms with Crippen molar-refractivity contribution >= 4 is 28.0 Å². The van der Waals surface area contributed by atoms with E-state index >= 15 is 0 Å². The van der Waals surface area contributed by atoms with Crippen molar-refractivity contribution in [1.29, 1.82) is 0 Å². The molecular weight excluding hydrogens is 272 g/mol. The average Bonchev–Trinajstić information content (AvgIpc) is 2.47. The second kappa shape index (κ2) is 5.40. The van der Waals surface area contributed by atoms with Crippen molar-refractivity contribution in [2.75, 3.05) is 4.72 Å². The highest BCUT2D eigenvalue weighted by molar-refractivity contribution is 7.80. The van der Waals surface area contributed by atoms with Gasteiger partial charge in [-0.15, -0.1) is 0 Å². The molecule has 4 nitrogen and oxygen atoms in total. The molecule has 0 aliphatic rings. The van der Waals surface area contributed by atoms with Crippen molar-refractivity contribution in [3.8, 4) is 11.1 Å². The molecule has 100 valence electrons. The van der Waals surface area contributed by atoms with Gasteiger partial charge in [0.1, 0.15) is 5.82 Å². The molecule has 3 aromatic rings. The molecule has 0 saturated heterocycles. The smallest absolute Gasteiger partial charge is 0.260 e. The summed E-state index contributed by atoms with van der Waals surface area (Å²) in [7, 11) is 0. The van der Waals surface area contributed by atoms with Gasteiger partial charge in [0, 0.05) is 10.9 Å². The van der Waals surface area contributed by atoms with Crippen molar-refractivity contribution in [1.82, 2.24) is 4.98 Å². The fourth-order valence-corrected chi connectivity index (χ4v) is 2.44. The van der Waals surface area contributed by atoms with Crippen LogP contribution >= 0.6 is 0 Å². The summed E-state index contributed by atoms with van der Waals surface area (Å²) in [5.41, 5.74) is 2.86. The number of para-hydroxylation sites is 1. The van der Waals surface area contributed by atoms with Crippen molar-refractivity contribution in [3.05, 3.63) is 60.7 Å². The van der Waals surface area contributed by atoms with E-state index in [1.807, 2.05) is 54.6 Å². The Labute approximate surface area is 118 Å². The quantitative estimate of drug-likeness (QED) is 0.724. The average molecular weight is 284 g/mol. The standard InChI is InChI=1S/C15H12N2O2S/c18-20(19)17-14-10-9-12-7-4-8-13(15(12)16-14)11-5-2-1-3-6-11/h1-10H,(H,16,17)(H,18,19). The molecular formula is C15H12N2O2S. The number of pyridine rings is 1. The predicted octanol–water partition coefficient (Wildman–Crippen LogP) is 3.45. The van der Waals surface area contributed by atoms with Crippen LogP contribution in [-0.2, 0) is 11.3 Å². The van der Waals surface area contributed by atoms with Gasteiger partial charge in [-0.1, -0.05) is 48.5 Å². The molecule has 0 bridgehead atoms. The molecule has 1 unspecified atom stereocenters. The van der Waals surface area contributed by atoms with Crippen LogP contribution in [0.2, 0.25) is 0 Å². The van der Waals surface area contributed by atoms with Crippen LogP contribution in [0.3, 0.4) is 0 Å². The Balaban J connectivity index is 2.19. The zero-order valence-corrected chi connectivity index (χ0v) is 11.3. The van der Waals surface area contributed by atoms with Gasteiger partial charge in [0.2, 0.25) is 0 Å². The van der Waals surface area contributed by atoms with Gasteiger partial charge < -0.3 is 0 Å².